The van der Waals surface area contributed by atoms with Gasteiger partial charge in [-0.25, -0.2) is 4.39 Å². The maximum absolute atomic E-state index is 15.4. The number of ether oxygens (including phenoxy) is 1. The number of pyridine rings is 1. The lowest BCUT2D eigenvalue weighted by molar-refractivity contribution is 0.0334. The second kappa shape index (κ2) is 14.5. The molecule has 0 radical (unpaired) electrons. The van der Waals surface area contributed by atoms with Gasteiger partial charge in [-0.3, -0.25) is 24.0 Å². The Morgan fingerprint density at radius 1 is 0.889 bits per heavy atom. The van der Waals surface area contributed by atoms with E-state index >= 15 is 4.39 Å². The number of benzene rings is 3. The number of carbonyl (C=O) groups is 1. The summed E-state index contributed by atoms with van der Waals surface area (Å²) in [7, 11) is 0. The monoisotopic (exact) mass is 610 g/mol. The molecule has 0 aliphatic carbocycles. The van der Waals surface area contributed by atoms with Gasteiger partial charge in [-0.2, -0.15) is 0 Å². The van der Waals surface area contributed by atoms with Crippen molar-refractivity contribution in [1.29, 1.82) is 0 Å². The Labute approximate surface area is 264 Å². The van der Waals surface area contributed by atoms with Crippen molar-refractivity contribution in [1.82, 2.24) is 19.7 Å². The molecule has 0 saturated carbocycles. The molecule has 4 aromatic rings. The fourth-order valence-electron chi connectivity index (χ4n) is 6.86. The van der Waals surface area contributed by atoms with Crippen LogP contribution in [0.15, 0.2) is 83.7 Å². The molecule has 0 spiro atoms. The quantitative estimate of drug-likeness (QED) is 0.241. The number of morpholine rings is 1. The SMILES string of the molecule is CC[C@H](NC(=O)c1c(CN2CCC(CCN3CCOCC3)CC2)n(-c2ccccc2F)c(=O)c2ccccc12)c1ccccc1. The molecule has 2 fully saturated rings. The molecule has 7 nitrogen and oxygen atoms in total. The van der Waals surface area contributed by atoms with Gasteiger partial charge >= 0.3 is 0 Å². The van der Waals surface area contributed by atoms with E-state index in [0.717, 1.165) is 70.8 Å². The second-order valence-electron chi connectivity index (χ2n) is 12.3. The Balaban J connectivity index is 1.35. The molecular weight excluding hydrogens is 567 g/mol. The zero-order chi connectivity index (χ0) is 31.2. The van der Waals surface area contributed by atoms with Gasteiger partial charge in [0.05, 0.1) is 36.2 Å². The molecule has 1 aromatic heterocycles. The lowest BCUT2D eigenvalue weighted by Crippen LogP contribution is -2.40. The van der Waals surface area contributed by atoms with E-state index < -0.39 is 5.82 Å². The lowest BCUT2D eigenvalue weighted by Gasteiger charge is -2.34. The molecule has 1 amide bonds. The molecule has 45 heavy (non-hydrogen) atoms. The van der Waals surface area contributed by atoms with E-state index in [-0.39, 0.29) is 23.2 Å². The normalized spacial score (nSPS) is 17.4. The van der Waals surface area contributed by atoms with Crippen LogP contribution < -0.4 is 10.9 Å². The summed E-state index contributed by atoms with van der Waals surface area (Å²) in [5.41, 5.74) is 1.81. The van der Waals surface area contributed by atoms with E-state index in [1.807, 2.05) is 49.4 Å². The first-order chi connectivity index (χ1) is 22.0. The summed E-state index contributed by atoms with van der Waals surface area (Å²) >= 11 is 0. The topological polar surface area (TPSA) is 66.8 Å². The number of nitrogens with zero attached hydrogens (tertiary/aromatic N) is 3. The number of likely N-dealkylation sites (tertiary alicyclic amines) is 1. The molecule has 2 aliphatic rings. The fraction of sp³-hybridized carbons (Fsp3) is 0.405. The molecule has 1 N–H and O–H groups in total. The van der Waals surface area contributed by atoms with E-state index in [1.165, 1.54) is 10.6 Å². The first kappa shape index (κ1) is 31.1. The standard InChI is InChI=1S/C37H43FN4O3/c1-2-32(28-10-4-3-5-11-28)39-36(43)35-29-12-6-7-13-30(29)37(44)42(33-15-9-8-14-31(33)38)34(35)26-41-20-17-27(18-21-41)16-19-40-22-24-45-25-23-40/h3-15,27,32H,2,16-26H2,1H3,(H,39,43)/t32-/m0/s1. The van der Waals surface area contributed by atoms with Crippen molar-refractivity contribution in [3.8, 4) is 5.69 Å². The fourth-order valence-corrected chi connectivity index (χ4v) is 6.86. The number of rotatable bonds is 10. The van der Waals surface area contributed by atoms with Crippen LogP contribution >= 0.6 is 0 Å². The summed E-state index contributed by atoms with van der Waals surface area (Å²) in [5.74, 6) is -0.129. The number of fused-ring (bicyclic) bond motifs is 1. The van der Waals surface area contributed by atoms with Crippen molar-refractivity contribution in [3.05, 3.63) is 112 Å². The van der Waals surface area contributed by atoms with Crippen LogP contribution in [0.5, 0.6) is 0 Å². The van der Waals surface area contributed by atoms with Crippen molar-refractivity contribution < 1.29 is 13.9 Å². The number of piperidine rings is 1. The van der Waals surface area contributed by atoms with Crippen LogP contribution in [0.3, 0.4) is 0 Å². The van der Waals surface area contributed by atoms with Crippen LogP contribution in [0.25, 0.3) is 16.5 Å². The van der Waals surface area contributed by atoms with Gasteiger partial charge in [-0.1, -0.05) is 67.6 Å². The number of hydrogen-bond acceptors (Lipinski definition) is 5. The summed E-state index contributed by atoms with van der Waals surface area (Å²) in [6, 6.07) is 23.2. The molecular formula is C37H43FN4O3. The molecule has 2 aliphatic heterocycles. The molecule has 0 unspecified atom stereocenters. The van der Waals surface area contributed by atoms with Gasteiger partial charge in [-0.05, 0) is 75.0 Å². The molecule has 0 bridgehead atoms. The minimum absolute atomic E-state index is 0.160. The van der Waals surface area contributed by atoms with E-state index in [4.69, 9.17) is 4.74 Å². The predicted molar refractivity (Wildman–Crippen MR) is 176 cm³/mol. The average molecular weight is 611 g/mol. The highest BCUT2D eigenvalue weighted by Crippen LogP contribution is 2.29. The van der Waals surface area contributed by atoms with Crippen molar-refractivity contribution in [2.24, 2.45) is 5.92 Å². The molecule has 8 heteroatoms. The van der Waals surface area contributed by atoms with Crippen molar-refractivity contribution in [2.75, 3.05) is 45.9 Å². The number of aromatic nitrogens is 1. The Hall–Kier alpha value is -3.85. The van der Waals surface area contributed by atoms with E-state index in [9.17, 15) is 9.59 Å². The van der Waals surface area contributed by atoms with Crippen LogP contribution in [-0.2, 0) is 11.3 Å². The molecule has 3 heterocycles. The molecule has 3 aromatic carbocycles. The zero-order valence-corrected chi connectivity index (χ0v) is 26.1. The number of carbonyl (C=O) groups excluding carboxylic acids is 1. The number of halogens is 1. The Kier molecular flexibility index (Phi) is 10.0. The highest BCUT2D eigenvalue weighted by molar-refractivity contribution is 6.08. The van der Waals surface area contributed by atoms with Gasteiger partial charge in [-0.15, -0.1) is 0 Å². The third-order valence-corrected chi connectivity index (χ3v) is 9.46. The largest absolute Gasteiger partial charge is 0.379 e. The minimum atomic E-state index is -0.500. The van der Waals surface area contributed by atoms with Gasteiger partial charge in [0.2, 0.25) is 0 Å². The Bertz CT molecular complexity index is 1660. The van der Waals surface area contributed by atoms with E-state index in [2.05, 4.69) is 15.1 Å². The zero-order valence-electron chi connectivity index (χ0n) is 26.1. The van der Waals surface area contributed by atoms with Gasteiger partial charge in [0.25, 0.3) is 11.5 Å². The van der Waals surface area contributed by atoms with Crippen molar-refractivity contribution in [3.63, 3.8) is 0 Å². The highest BCUT2D eigenvalue weighted by Gasteiger charge is 2.28. The van der Waals surface area contributed by atoms with Crippen LogP contribution in [0.4, 0.5) is 4.39 Å². The maximum Gasteiger partial charge on any atom is 0.263 e. The summed E-state index contributed by atoms with van der Waals surface area (Å²) < 4.78 is 22.4. The summed E-state index contributed by atoms with van der Waals surface area (Å²) in [5, 5.41) is 4.24. The van der Waals surface area contributed by atoms with E-state index in [0.29, 0.717) is 40.9 Å². The lowest BCUT2D eigenvalue weighted by atomic mass is 9.92. The van der Waals surface area contributed by atoms with Gasteiger partial charge < -0.3 is 10.1 Å². The molecule has 2 saturated heterocycles. The molecule has 1 atom stereocenters. The Morgan fingerprint density at radius 2 is 1.56 bits per heavy atom. The first-order valence-electron chi connectivity index (χ1n) is 16.3. The summed E-state index contributed by atoms with van der Waals surface area (Å²) in [6.07, 6.45) is 3.97. The van der Waals surface area contributed by atoms with E-state index in [1.54, 1.807) is 30.3 Å². The van der Waals surface area contributed by atoms with Crippen LogP contribution in [-0.4, -0.2) is 66.2 Å². The maximum atomic E-state index is 15.4. The minimum Gasteiger partial charge on any atom is -0.379 e. The number of amides is 1. The van der Waals surface area contributed by atoms with Gasteiger partial charge in [0.1, 0.15) is 5.82 Å². The van der Waals surface area contributed by atoms with Crippen LogP contribution in [0.2, 0.25) is 0 Å². The average Bonchev–Trinajstić information content (AvgIpc) is 3.08. The Morgan fingerprint density at radius 3 is 2.27 bits per heavy atom. The molecule has 6 rings (SSSR count). The third kappa shape index (κ3) is 7.03. The predicted octanol–water partition coefficient (Wildman–Crippen LogP) is 5.95. The number of para-hydroxylation sites is 1. The van der Waals surface area contributed by atoms with Crippen LogP contribution in [0, 0.1) is 11.7 Å². The van der Waals surface area contributed by atoms with Gasteiger partial charge in [0, 0.05) is 30.4 Å². The number of nitrogens with one attached hydrogen (secondary N) is 1. The first-order valence-corrected chi connectivity index (χ1v) is 16.3. The number of hydrogen-bond donors (Lipinski definition) is 1. The molecule has 236 valence electrons. The third-order valence-electron chi connectivity index (χ3n) is 9.46. The van der Waals surface area contributed by atoms with Crippen molar-refractivity contribution >= 4 is 16.7 Å². The van der Waals surface area contributed by atoms with Gasteiger partial charge in [0.15, 0.2) is 0 Å². The summed E-state index contributed by atoms with van der Waals surface area (Å²) in [4.78, 5) is 33.3. The smallest absolute Gasteiger partial charge is 0.263 e. The summed E-state index contributed by atoms with van der Waals surface area (Å²) in [6.45, 7) is 8.85. The van der Waals surface area contributed by atoms with Crippen molar-refractivity contribution in [2.45, 2.75) is 45.2 Å². The second-order valence-corrected chi connectivity index (χ2v) is 12.3. The highest BCUT2D eigenvalue weighted by atomic mass is 19.1. The van der Waals surface area contributed by atoms with Crippen LogP contribution in [0.1, 0.15) is 60.3 Å².